The largest absolute Gasteiger partial charge is 0.337 e. The van der Waals surface area contributed by atoms with Crippen LogP contribution in [-0.2, 0) is 0 Å². The zero-order valence-corrected chi connectivity index (χ0v) is 15.4. The molecule has 2 N–H and O–H groups in total. The zero-order valence-electron chi connectivity index (χ0n) is 14.6. The van der Waals surface area contributed by atoms with Crippen LogP contribution in [0.1, 0.15) is 39.2 Å². The molecule has 9 heteroatoms. The van der Waals surface area contributed by atoms with Crippen LogP contribution in [-0.4, -0.2) is 49.0 Å². The summed E-state index contributed by atoms with van der Waals surface area (Å²) in [6.07, 6.45) is 4.30. The number of aryl methyl sites for hydroxylation is 2. The molecule has 1 aliphatic heterocycles. The Morgan fingerprint density at radius 3 is 3.00 bits per heavy atom. The molecular formula is C17H19N7OS. The van der Waals surface area contributed by atoms with E-state index in [1.54, 1.807) is 23.6 Å². The van der Waals surface area contributed by atoms with Gasteiger partial charge in [-0.2, -0.15) is 5.10 Å². The van der Waals surface area contributed by atoms with E-state index < -0.39 is 0 Å². The number of hydrogen-bond donors (Lipinski definition) is 2. The molecule has 134 valence electrons. The summed E-state index contributed by atoms with van der Waals surface area (Å²) in [5.41, 5.74) is 1.47. The zero-order chi connectivity index (χ0) is 18.1. The third kappa shape index (κ3) is 3.43. The van der Waals surface area contributed by atoms with Crippen LogP contribution in [0.4, 0.5) is 10.9 Å². The highest BCUT2D eigenvalue weighted by atomic mass is 32.1. The minimum atomic E-state index is -0.0209. The average molecular weight is 369 g/mol. The van der Waals surface area contributed by atoms with Crippen molar-refractivity contribution >= 4 is 28.2 Å². The first-order chi connectivity index (χ1) is 12.6. The van der Waals surface area contributed by atoms with Crippen LogP contribution in [0.3, 0.4) is 0 Å². The number of H-pyrrole nitrogens is 1. The first-order valence-electron chi connectivity index (χ1n) is 8.42. The lowest BCUT2D eigenvalue weighted by Gasteiger charge is -2.16. The van der Waals surface area contributed by atoms with Crippen LogP contribution in [0.2, 0.25) is 0 Å². The van der Waals surface area contributed by atoms with Crippen molar-refractivity contribution in [2.75, 3.05) is 18.4 Å². The van der Waals surface area contributed by atoms with E-state index in [4.69, 9.17) is 0 Å². The summed E-state index contributed by atoms with van der Waals surface area (Å²) in [5.74, 6) is 1.62. The number of rotatable bonds is 4. The highest BCUT2D eigenvalue weighted by Crippen LogP contribution is 2.29. The molecule has 26 heavy (non-hydrogen) atoms. The van der Waals surface area contributed by atoms with Crippen LogP contribution >= 0.6 is 11.3 Å². The van der Waals surface area contributed by atoms with E-state index in [0.29, 0.717) is 24.6 Å². The van der Waals surface area contributed by atoms with Crippen molar-refractivity contribution in [2.24, 2.45) is 0 Å². The molecule has 1 fully saturated rings. The number of likely N-dealkylation sites (tertiary alicyclic amines) is 1. The SMILES string of the molecule is Cc1nc(Nc2ncc(C)s2)cc([C@H]2CCN(C(=O)c3ccn[nH]3)C2)n1. The van der Waals surface area contributed by atoms with Crippen LogP contribution in [0, 0.1) is 13.8 Å². The Bertz CT molecular complexity index is 921. The molecule has 3 aromatic rings. The van der Waals surface area contributed by atoms with Gasteiger partial charge in [-0.1, -0.05) is 0 Å². The summed E-state index contributed by atoms with van der Waals surface area (Å²) in [6.45, 7) is 5.25. The van der Waals surface area contributed by atoms with E-state index in [9.17, 15) is 4.79 Å². The molecule has 4 rings (SSSR count). The monoisotopic (exact) mass is 369 g/mol. The maximum Gasteiger partial charge on any atom is 0.271 e. The van der Waals surface area contributed by atoms with Crippen molar-refractivity contribution in [1.29, 1.82) is 0 Å². The van der Waals surface area contributed by atoms with Gasteiger partial charge in [-0.15, -0.1) is 11.3 Å². The van der Waals surface area contributed by atoms with Gasteiger partial charge in [-0.05, 0) is 26.3 Å². The molecule has 1 aliphatic rings. The van der Waals surface area contributed by atoms with Gasteiger partial charge in [0.25, 0.3) is 5.91 Å². The minimum absolute atomic E-state index is 0.0209. The fourth-order valence-corrected chi connectivity index (χ4v) is 3.79. The molecule has 3 aromatic heterocycles. The van der Waals surface area contributed by atoms with Gasteiger partial charge >= 0.3 is 0 Å². The second-order valence-electron chi connectivity index (χ2n) is 6.33. The molecule has 0 aliphatic carbocycles. The van der Waals surface area contributed by atoms with Crippen molar-refractivity contribution in [2.45, 2.75) is 26.2 Å². The average Bonchev–Trinajstić information content (AvgIpc) is 3.36. The van der Waals surface area contributed by atoms with Crippen molar-refractivity contribution in [3.63, 3.8) is 0 Å². The standard InChI is InChI=1S/C17H19N7OS/c1-10-8-18-17(26-10)22-15-7-14(20-11(2)21-15)12-4-6-24(9-12)16(25)13-3-5-19-23-13/h3,5,7-8,12H,4,6,9H2,1-2H3,(H,19,23)(H,18,20,21,22)/t12-/m0/s1. The number of amides is 1. The number of carbonyl (C=O) groups excluding carboxylic acids is 1. The summed E-state index contributed by atoms with van der Waals surface area (Å²) in [6, 6.07) is 3.65. The first kappa shape index (κ1) is 16.6. The van der Waals surface area contributed by atoms with E-state index in [2.05, 4.69) is 30.5 Å². The highest BCUT2D eigenvalue weighted by molar-refractivity contribution is 7.15. The second kappa shape index (κ2) is 6.83. The number of nitrogens with one attached hydrogen (secondary N) is 2. The molecule has 1 atom stereocenters. The Labute approximate surface area is 154 Å². The molecule has 4 heterocycles. The number of thiazole rings is 1. The number of hydrogen-bond acceptors (Lipinski definition) is 7. The van der Waals surface area contributed by atoms with Crippen molar-refractivity contribution in [3.05, 3.63) is 46.6 Å². The van der Waals surface area contributed by atoms with Crippen molar-refractivity contribution < 1.29 is 4.79 Å². The number of aromatic amines is 1. The van der Waals surface area contributed by atoms with E-state index in [0.717, 1.165) is 27.9 Å². The molecule has 1 amide bonds. The smallest absolute Gasteiger partial charge is 0.271 e. The lowest BCUT2D eigenvalue weighted by molar-refractivity contribution is 0.0785. The third-order valence-corrected chi connectivity index (χ3v) is 5.17. The molecule has 0 radical (unpaired) electrons. The summed E-state index contributed by atoms with van der Waals surface area (Å²) < 4.78 is 0. The Morgan fingerprint density at radius 1 is 1.38 bits per heavy atom. The van der Waals surface area contributed by atoms with Gasteiger partial charge in [0.2, 0.25) is 0 Å². The molecule has 0 saturated carbocycles. The Balaban J connectivity index is 1.50. The van der Waals surface area contributed by atoms with E-state index in [1.807, 2.05) is 31.0 Å². The van der Waals surface area contributed by atoms with Gasteiger partial charge < -0.3 is 10.2 Å². The van der Waals surface area contributed by atoms with Crippen LogP contribution in [0.25, 0.3) is 0 Å². The fourth-order valence-electron chi connectivity index (χ4n) is 3.12. The maximum atomic E-state index is 12.5. The Kier molecular flexibility index (Phi) is 4.37. The lowest BCUT2D eigenvalue weighted by Crippen LogP contribution is -2.28. The third-order valence-electron chi connectivity index (χ3n) is 4.34. The lowest BCUT2D eigenvalue weighted by atomic mass is 10.0. The predicted octanol–water partition coefficient (Wildman–Crippen LogP) is 2.65. The van der Waals surface area contributed by atoms with E-state index in [-0.39, 0.29) is 11.8 Å². The van der Waals surface area contributed by atoms with E-state index >= 15 is 0 Å². The molecule has 0 bridgehead atoms. The van der Waals surface area contributed by atoms with Gasteiger partial charge in [0.15, 0.2) is 5.13 Å². The first-order valence-corrected chi connectivity index (χ1v) is 9.24. The molecule has 8 nitrogen and oxygen atoms in total. The number of aromatic nitrogens is 5. The highest BCUT2D eigenvalue weighted by Gasteiger charge is 2.29. The summed E-state index contributed by atoms with van der Waals surface area (Å²) in [7, 11) is 0. The molecule has 0 spiro atoms. The number of carbonyl (C=O) groups is 1. The van der Waals surface area contributed by atoms with Crippen LogP contribution < -0.4 is 5.32 Å². The molecule has 1 saturated heterocycles. The quantitative estimate of drug-likeness (QED) is 0.733. The van der Waals surface area contributed by atoms with E-state index in [1.165, 1.54) is 0 Å². The second-order valence-corrected chi connectivity index (χ2v) is 7.57. The molecule has 0 aromatic carbocycles. The van der Waals surface area contributed by atoms with Gasteiger partial charge in [-0.25, -0.2) is 15.0 Å². The van der Waals surface area contributed by atoms with Crippen molar-refractivity contribution in [3.8, 4) is 0 Å². The number of nitrogens with zero attached hydrogens (tertiary/aromatic N) is 5. The normalized spacial score (nSPS) is 16.8. The number of anilines is 2. The molecule has 0 unspecified atom stereocenters. The van der Waals surface area contributed by atoms with Crippen LogP contribution in [0.15, 0.2) is 24.5 Å². The summed E-state index contributed by atoms with van der Waals surface area (Å²) in [5, 5.41) is 10.6. The predicted molar refractivity (Wildman–Crippen MR) is 98.8 cm³/mol. The fraction of sp³-hybridized carbons (Fsp3) is 0.353. The van der Waals surface area contributed by atoms with Crippen LogP contribution in [0.5, 0.6) is 0 Å². The van der Waals surface area contributed by atoms with Crippen molar-refractivity contribution in [1.82, 2.24) is 30.0 Å². The van der Waals surface area contributed by atoms with Gasteiger partial charge in [-0.3, -0.25) is 9.89 Å². The summed E-state index contributed by atoms with van der Waals surface area (Å²) >= 11 is 1.58. The molecular weight excluding hydrogens is 350 g/mol. The van der Waals surface area contributed by atoms with Gasteiger partial charge in [0, 0.05) is 42.3 Å². The Morgan fingerprint density at radius 2 is 2.27 bits per heavy atom. The van der Waals surface area contributed by atoms with Gasteiger partial charge in [0.1, 0.15) is 17.3 Å². The minimum Gasteiger partial charge on any atom is -0.337 e. The summed E-state index contributed by atoms with van der Waals surface area (Å²) in [4.78, 5) is 28.8. The van der Waals surface area contributed by atoms with Gasteiger partial charge in [0.05, 0.1) is 5.69 Å². The maximum absolute atomic E-state index is 12.5. The Hall–Kier alpha value is -2.81. The topological polar surface area (TPSA) is 99.7 Å².